The van der Waals surface area contributed by atoms with Gasteiger partial charge < -0.3 is 15.4 Å². The van der Waals surface area contributed by atoms with E-state index in [-0.39, 0.29) is 0 Å². The first-order chi connectivity index (χ1) is 8.60. The standard InChI is InChI=1S/C15H24N2O/c1-11(2)12-4-6-17(7-5-12)14-8-13(16)9-15(10-14)18-3/h8-12H,4-7,16H2,1-3H3. The number of methoxy groups -OCH3 is 1. The Morgan fingerprint density at radius 3 is 2.44 bits per heavy atom. The average Bonchev–Trinajstić information content (AvgIpc) is 2.38. The maximum absolute atomic E-state index is 5.91. The zero-order chi connectivity index (χ0) is 13.1. The van der Waals surface area contributed by atoms with E-state index in [9.17, 15) is 0 Å². The molecule has 3 heteroatoms. The fourth-order valence-electron chi connectivity index (χ4n) is 2.73. The molecule has 1 saturated heterocycles. The Morgan fingerprint density at radius 2 is 1.89 bits per heavy atom. The molecule has 0 aromatic heterocycles. The summed E-state index contributed by atoms with van der Waals surface area (Å²) >= 11 is 0. The Morgan fingerprint density at radius 1 is 1.22 bits per heavy atom. The van der Waals surface area contributed by atoms with E-state index in [4.69, 9.17) is 10.5 Å². The Hall–Kier alpha value is -1.38. The SMILES string of the molecule is COc1cc(N)cc(N2CCC(C(C)C)CC2)c1. The summed E-state index contributed by atoms with van der Waals surface area (Å²) in [6.45, 7) is 6.89. The predicted molar refractivity (Wildman–Crippen MR) is 77.2 cm³/mol. The fraction of sp³-hybridized carbons (Fsp3) is 0.600. The van der Waals surface area contributed by atoms with E-state index >= 15 is 0 Å². The van der Waals surface area contributed by atoms with Crippen LogP contribution in [-0.2, 0) is 0 Å². The van der Waals surface area contributed by atoms with E-state index < -0.39 is 0 Å². The third kappa shape index (κ3) is 2.89. The van der Waals surface area contributed by atoms with Crippen LogP contribution in [0.4, 0.5) is 11.4 Å². The van der Waals surface area contributed by atoms with Crippen molar-refractivity contribution in [3.05, 3.63) is 18.2 Å². The molecule has 100 valence electrons. The van der Waals surface area contributed by atoms with Crippen LogP contribution in [0.2, 0.25) is 0 Å². The average molecular weight is 248 g/mol. The van der Waals surface area contributed by atoms with Crippen molar-refractivity contribution in [1.29, 1.82) is 0 Å². The van der Waals surface area contributed by atoms with Crippen molar-refractivity contribution in [3.63, 3.8) is 0 Å². The Balaban J connectivity index is 2.07. The zero-order valence-corrected chi connectivity index (χ0v) is 11.6. The summed E-state index contributed by atoms with van der Waals surface area (Å²) in [7, 11) is 1.68. The van der Waals surface area contributed by atoms with Crippen LogP contribution in [0.1, 0.15) is 26.7 Å². The van der Waals surface area contributed by atoms with Gasteiger partial charge in [-0.3, -0.25) is 0 Å². The van der Waals surface area contributed by atoms with Crippen LogP contribution < -0.4 is 15.4 Å². The second-order valence-corrected chi connectivity index (χ2v) is 5.53. The van der Waals surface area contributed by atoms with Gasteiger partial charge in [0.25, 0.3) is 0 Å². The number of benzene rings is 1. The number of hydrogen-bond acceptors (Lipinski definition) is 3. The van der Waals surface area contributed by atoms with Gasteiger partial charge >= 0.3 is 0 Å². The van der Waals surface area contributed by atoms with Crippen LogP contribution in [0.3, 0.4) is 0 Å². The van der Waals surface area contributed by atoms with Crippen LogP contribution >= 0.6 is 0 Å². The second-order valence-electron chi connectivity index (χ2n) is 5.53. The molecule has 0 saturated carbocycles. The lowest BCUT2D eigenvalue weighted by molar-refractivity contribution is 0.311. The third-order valence-electron chi connectivity index (χ3n) is 4.00. The van der Waals surface area contributed by atoms with Crippen molar-refractivity contribution < 1.29 is 4.74 Å². The van der Waals surface area contributed by atoms with Crippen LogP contribution in [0.15, 0.2) is 18.2 Å². The van der Waals surface area contributed by atoms with Crippen molar-refractivity contribution >= 4 is 11.4 Å². The highest BCUT2D eigenvalue weighted by molar-refractivity contribution is 5.60. The molecule has 0 radical (unpaired) electrons. The van der Waals surface area contributed by atoms with Gasteiger partial charge in [0.1, 0.15) is 5.75 Å². The molecule has 1 aliphatic rings. The second kappa shape index (κ2) is 5.51. The monoisotopic (exact) mass is 248 g/mol. The normalized spacial score (nSPS) is 17.2. The van der Waals surface area contributed by atoms with Gasteiger partial charge in [0.15, 0.2) is 0 Å². The molecule has 1 aromatic carbocycles. The van der Waals surface area contributed by atoms with E-state index in [1.807, 2.05) is 12.1 Å². The number of rotatable bonds is 3. The molecule has 1 aliphatic heterocycles. The van der Waals surface area contributed by atoms with E-state index in [0.29, 0.717) is 0 Å². The molecular weight excluding hydrogens is 224 g/mol. The molecule has 1 fully saturated rings. The van der Waals surface area contributed by atoms with Gasteiger partial charge in [0.05, 0.1) is 7.11 Å². The predicted octanol–water partition coefficient (Wildman–Crippen LogP) is 3.15. The first-order valence-electron chi connectivity index (χ1n) is 6.79. The molecule has 0 unspecified atom stereocenters. The number of nitrogen functional groups attached to an aromatic ring is 1. The minimum Gasteiger partial charge on any atom is -0.497 e. The lowest BCUT2D eigenvalue weighted by Gasteiger charge is -2.35. The molecule has 0 atom stereocenters. The highest BCUT2D eigenvalue weighted by Gasteiger charge is 2.22. The maximum atomic E-state index is 5.91. The number of nitrogens with two attached hydrogens (primary N) is 1. The first-order valence-corrected chi connectivity index (χ1v) is 6.79. The fourth-order valence-corrected chi connectivity index (χ4v) is 2.73. The lowest BCUT2D eigenvalue weighted by atomic mass is 9.86. The molecule has 2 N–H and O–H groups in total. The molecule has 2 rings (SSSR count). The van der Waals surface area contributed by atoms with Gasteiger partial charge in [-0.05, 0) is 30.7 Å². The third-order valence-corrected chi connectivity index (χ3v) is 4.00. The van der Waals surface area contributed by atoms with Crippen molar-refractivity contribution in [2.24, 2.45) is 11.8 Å². The summed E-state index contributed by atoms with van der Waals surface area (Å²) in [6.07, 6.45) is 2.55. The minimum absolute atomic E-state index is 0.773. The summed E-state index contributed by atoms with van der Waals surface area (Å²) in [4.78, 5) is 2.41. The molecule has 0 bridgehead atoms. The van der Waals surface area contributed by atoms with Crippen molar-refractivity contribution in [1.82, 2.24) is 0 Å². The molecule has 0 amide bonds. The van der Waals surface area contributed by atoms with Gasteiger partial charge in [-0.25, -0.2) is 0 Å². The molecule has 1 aromatic rings. The molecule has 1 heterocycles. The van der Waals surface area contributed by atoms with Crippen LogP contribution in [0.5, 0.6) is 5.75 Å². The number of nitrogens with zero attached hydrogens (tertiary/aromatic N) is 1. The van der Waals surface area contributed by atoms with Crippen molar-refractivity contribution in [2.45, 2.75) is 26.7 Å². The maximum Gasteiger partial charge on any atom is 0.122 e. The van der Waals surface area contributed by atoms with Gasteiger partial charge in [-0.2, -0.15) is 0 Å². The van der Waals surface area contributed by atoms with Crippen LogP contribution in [-0.4, -0.2) is 20.2 Å². The number of piperidine rings is 1. The summed E-state index contributed by atoms with van der Waals surface area (Å²) in [5.41, 5.74) is 7.87. The highest BCUT2D eigenvalue weighted by atomic mass is 16.5. The largest absolute Gasteiger partial charge is 0.497 e. The number of hydrogen-bond donors (Lipinski definition) is 1. The van der Waals surface area contributed by atoms with Gasteiger partial charge in [-0.15, -0.1) is 0 Å². The van der Waals surface area contributed by atoms with E-state index in [1.165, 1.54) is 18.5 Å². The lowest BCUT2D eigenvalue weighted by Crippen LogP contribution is -2.35. The van der Waals surface area contributed by atoms with Crippen LogP contribution in [0.25, 0.3) is 0 Å². The van der Waals surface area contributed by atoms with E-state index in [1.54, 1.807) is 7.11 Å². The topological polar surface area (TPSA) is 38.5 Å². The summed E-state index contributed by atoms with van der Waals surface area (Å²) in [5, 5.41) is 0. The molecule has 18 heavy (non-hydrogen) atoms. The Labute approximate surface area is 110 Å². The molecular formula is C15H24N2O. The smallest absolute Gasteiger partial charge is 0.122 e. The van der Waals surface area contributed by atoms with Gasteiger partial charge in [0.2, 0.25) is 0 Å². The van der Waals surface area contributed by atoms with Crippen molar-refractivity contribution in [3.8, 4) is 5.75 Å². The number of ether oxygens (including phenoxy) is 1. The Kier molecular flexibility index (Phi) is 4.00. The molecule has 0 spiro atoms. The summed E-state index contributed by atoms with van der Waals surface area (Å²) in [5.74, 6) is 2.50. The number of anilines is 2. The Bertz CT molecular complexity index is 395. The van der Waals surface area contributed by atoms with Gasteiger partial charge in [0, 0.05) is 36.6 Å². The zero-order valence-electron chi connectivity index (χ0n) is 11.6. The quantitative estimate of drug-likeness (QED) is 0.835. The highest BCUT2D eigenvalue weighted by Crippen LogP contribution is 2.31. The summed E-state index contributed by atoms with van der Waals surface area (Å²) < 4.78 is 5.28. The van der Waals surface area contributed by atoms with E-state index in [0.717, 1.165) is 36.4 Å². The summed E-state index contributed by atoms with van der Waals surface area (Å²) in [6, 6.07) is 5.98. The van der Waals surface area contributed by atoms with E-state index in [2.05, 4.69) is 24.8 Å². The van der Waals surface area contributed by atoms with Gasteiger partial charge in [-0.1, -0.05) is 13.8 Å². The van der Waals surface area contributed by atoms with Crippen molar-refractivity contribution in [2.75, 3.05) is 30.8 Å². The minimum atomic E-state index is 0.773. The first kappa shape index (κ1) is 13.1. The molecule has 3 nitrogen and oxygen atoms in total. The van der Waals surface area contributed by atoms with Crippen LogP contribution in [0, 0.1) is 11.8 Å². The molecule has 0 aliphatic carbocycles.